The zero-order valence-corrected chi connectivity index (χ0v) is 14.2. The number of amides is 1. The molecule has 0 radical (unpaired) electrons. The zero-order valence-electron chi connectivity index (χ0n) is 14.2. The molecule has 1 amide bonds. The maximum Gasteiger partial charge on any atom is 0.244 e. The van der Waals surface area contributed by atoms with E-state index in [1.807, 2.05) is 42.5 Å². The van der Waals surface area contributed by atoms with Gasteiger partial charge in [-0.05, 0) is 36.3 Å². The van der Waals surface area contributed by atoms with E-state index in [1.165, 1.54) is 6.08 Å². The fourth-order valence-corrected chi connectivity index (χ4v) is 2.85. The zero-order chi connectivity index (χ0) is 17.5. The van der Waals surface area contributed by atoms with Crippen molar-refractivity contribution in [3.63, 3.8) is 0 Å². The highest BCUT2D eigenvalue weighted by Gasteiger charge is 2.28. The Bertz CT molecular complexity index is 781. The first-order valence-electron chi connectivity index (χ1n) is 8.29. The molecule has 0 fully saturated rings. The third kappa shape index (κ3) is 4.07. The van der Waals surface area contributed by atoms with Crippen molar-refractivity contribution in [3.05, 3.63) is 102 Å². The van der Waals surface area contributed by atoms with Crippen LogP contribution in [0.4, 0.5) is 0 Å². The Morgan fingerprint density at radius 2 is 1.56 bits per heavy atom. The Balaban J connectivity index is 1.78. The quantitative estimate of drug-likeness (QED) is 0.680. The first-order chi connectivity index (χ1) is 12.2. The lowest BCUT2D eigenvalue weighted by Crippen LogP contribution is -2.39. The molecule has 3 nitrogen and oxygen atoms in total. The molecular formula is C22H21NO2. The van der Waals surface area contributed by atoms with Gasteiger partial charge in [-0.25, -0.2) is 0 Å². The van der Waals surface area contributed by atoms with E-state index in [9.17, 15) is 4.79 Å². The van der Waals surface area contributed by atoms with Gasteiger partial charge in [0.05, 0.1) is 6.26 Å². The fraction of sp³-hybridized carbons (Fsp3) is 0.136. The van der Waals surface area contributed by atoms with Crippen molar-refractivity contribution in [2.75, 3.05) is 6.54 Å². The van der Waals surface area contributed by atoms with E-state index < -0.39 is 0 Å². The van der Waals surface area contributed by atoms with Gasteiger partial charge in [-0.3, -0.25) is 4.79 Å². The molecule has 3 aromatic rings. The molecule has 0 saturated heterocycles. The summed E-state index contributed by atoms with van der Waals surface area (Å²) in [6.45, 7) is 2.65. The van der Waals surface area contributed by atoms with Crippen LogP contribution >= 0.6 is 0 Å². The third-order valence-corrected chi connectivity index (χ3v) is 4.38. The number of hydrogen-bond acceptors (Lipinski definition) is 2. The number of carbonyl (C=O) groups excluding carboxylic acids is 1. The van der Waals surface area contributed by atoms with Crippen LogP contribution in [0, 0.1) is 0 Å². The number of rotatable bonds is 6. The summed E-state index contributed by atoms with van der Waals surface area (Å²) >= 11 is 0. The summed E-state index contributed by atoms with van der Waals surface area (Å²) in [5.74, 6) is 0.513. The topological polar surface area (TPSA) is 42.2 Å². The Morgan fingerprint density at radius 1 is 0.960 bits per heavy atom. The lowest BCUT2D eigenvalue weighted by atomic mass is 9.76. The summed E-state index contributed by atoms with van der Waals surface area (Å²) in [4.78, 5) is 12.2. The van der Waals surface area contributed by atoms with E-state index >= 15 is 0 Å². The summed E-state index contributed by atoms with van der Waals surface area (Å²) < 4.78 is 5.20. The van der Waals surface area contributed by atoms with Crippen LogP contribution in [0.5, 0.6) is 0 Å². The minimum Gasteiger partial charge on any atom is -0.465 e. The van der Waals surface area contributed by atoms with Gasteiger partial charge in [-0.2, -0.15) is 0 Å². The van der Waals surface area contributed by atoms with Crippen molar-refractivity contribution >= 4 is 12.0 Å². The highest BCUT2D eigenvalue weighted by molar-refractivity contribution is 5.91. The first-order valence-corrected chi connectivity index (χ1v) is 8.29. The van der Waals surface area contributed by atoms with Crippen molar-refractivity contribution in [1.82, 2.24) is 5.32 Å². The standard InChI is InChI=1S/C22H21NO2/c1-22(18-9-4-2-5-10-18,19-11-6-3-7-12-19)17-23-21(24)15-14-20-13-8-16-25-20/h2-16H,17H2,1H3,(H,23,24)/b15-14+. The van der Waals surface area contributed by atoms with Gasteiger partial charge in [0.15, 0.2) is 0 Å². The highest BCUT2D eigenvalue weighted by atomic mass is 16.3. The summed E-state index contributed by atoms with van der Waals surface area (Å²) in [6.07, 6.45) is 4.74. The molecule has 0 unspecified atom stereocenters. The maximum atomic E-state index is 12.2. The molecule has 0 spiro atoms. The molecule has 1 N–H and O–H groups in total. The van der Waals surface area contributed by atoms with E-state index in [1.54, 1.807) is 18.4 Å². The van der Waals surface area contributed by atoms with Crippen LogP contribution in [0.15, 0.2) is 89.6 Å². The maximum absolute atomic E-state index is 12.2. The van der Waals surface area contributed by atoms with Crippen LogP contribution < -0.4 is 5.32 Å². The molecule has 0 saturated carbocycles. The van der Waals surface area contributed by atoms with Crippen molar-refractivity contribution < 1.29 is 9.21 Å². The number of hydrogen-bond donors (Lipinski definition) is 1. The minimum absolute atomic E-state index is 0.144. The Morgan fingerprint density at radius 3 is 2.08 bits per heavy atom. The second kappa shape index (κ2) is 7.67. The average Bonchev–Trinajstić information content (AvgIpc) is 3.19. The predicted octanol–water partition coefficient (Wildman–Crippen LogP) is 4.42. The van der Waals surface area contributed by atoms with E-state index in [0.717, 1.165) is 11.1 Å². The molecule has 0 aliphatic rings. The van der Waals surface area contributed by atoms with Crippen LogP contribution in [0.25, 0.3) is 6.08 Å². The Labute approximate surface area is 148 Å². The van der Waals surface area contributed by atoms with E-state index in [-0.39, 0.29) is 11.3 Å². The van der Waals surface area contributed by atoms with Gasteiger partial charge in [0.1, 0.15) is 5.76 Å². The number of carbonyl (C=O) groups is 1. The normalized spacial score (nSPS) is 11.6. The summed E-state index contributed by atoms with van der Waals surface area (Å²) in [5, 5.41) is 3.02. The van der Waals surface area contributed by atoms with E-state index in [2.05, 4.69) is 36.5 Å². The van der Waals surface area contributed by atoms with Crippen molar-refractivity contribution in [2.45, 2.75) is 12.3 Å². The third-order valence-electron chi connectivity index (χ3n) is 4.38. The van der Waals surface area contributed by atoms with Gasteiger partial charge >= 0.3 is 0 Å². The number of benzene rings is 2. The van der Waals surface area contributed by atoms with Gasteiger partial charge < -0.3 is 9.73 Å². The molecule has 3 rings (SSSR count). The monoisotopic (exact) mass is 331 g/mol. The Kier molecular flexibility index (Phi) is 5.14. The number of furan rings is 1. The summed E-state index contributed by atoms with van der Waals surface area (Å²) in [6, 6.07) is 24.1. The predicted molar refractivity (Wildman–Crippen MR) is 100 cm³/mol. The summed E-state index contributed by atoms with van der Waals surface area (Å²) in [5.41, 5.74) is 2.02. The molecule has 0 aliphatic carbocycles. The van der Waals surface area contributed by atoms with Gasteiger partial charge in [0, 0.05) is 18.0 Å². The van der Waals surface area contributed by atoms with E-state index in [0.29, 0.717) is 12.3 Å². The second-order valence-electron chi connectivity index (χ2n) is 6.13. The van der Waals surface area contributed by atoms with Crippen LogP contribution in [-0.4, -0.2) is 12.5 Å². The summed E-state index contributed by atoms with van der Waals surface area (Å²) in [7, 11) is 0. The van der Waals surface area contributed by atoms with Gasteiger partial charge in [0.2, 0.25) is 5.91 Å². The number of nitrogens with one attached hydrogen (secondary N) is 1. The molecule has 25 heavy (non-hydrogen) atoms. The molecule has 1 heterocycles. The van der Waals surface area contributed by atoms with Crippen molar-refractivity contribution in [2.24, 2.45) is 0 Å². The molecule has 1 aromatic heterocycles. The second-order valence-corrected chi connectivity index (χ2v) is 6.13. The van der Waals surface area contributed by atoms with Gasteiger partial charge in [0.25, 0.3) is 0 Å². The smallest absolute Gasteiger partial charge is 0.244 e. The molecule has 2 aromatic carbocycles. The molecule has 0 bridgehead atoms. The minimum atomic E-state index is -0.309. The van der Waals surface area contributed by atoms with Crippen LogP contribution in [0.3, 0.4) is 0 Å². The highest BCUT2D eigenvalue weighted by Crippen LogP contribution is 2.31. The lowest BCUT2D eigenvalue weighted by molar-refractivity contribution is -0.116. The average molecular weight is 331 g/mol. The SMILES string of the molecule is CC(CNC(=O)/C=C/c1ccco1)(c1ccccc1)c1ccccc1. The molecule has 0 aliphatic heterocycles. The van der Waals surface area contributed by atoms with Crippen LogP contribution in [0.1, 0.15) is 23.8 Å². The fourth-order valence-electron chi connectivity index (χ4n) is 2.85. The van der Waals surface area contributed by atoms with E-state index in [4.69, 9.17) is 4.42 Å². The lowest BCUT2D eigenvalue weighted by Gasteiger charge is -2.31. The van der Waals surface area contributed by atoms with Crippen molar-refractivity contribution in [3.8, 4) is 0 Å². The van der Waals surface area contributed by atoms with Gasteiger partial charge in [-0.1, -0.05) is 60.7 Å². The molecule has 126 valence electrons. The largest absolute Gasteiger partial charge is 0.465 e. The van der Waals surface area contributed by atoms with Crippen molar-refractivity contribution in [1.29, 1.82) is 0 Å². The molecule has 3 heteroatoms. The first kappa shape index (κ1) is 16.8. The molecular weight excluding hydrogens is 310 g/mol. The Hall–Kier alpha value is -3.07. The van der Waals surface area contributed by atoms with Crippen LogP contribution in [0.2, 0.25) is 0 Å². The molecule has 0 atom stereocenters. The van der Waals surface area contributed by atoms with Gasteiger partial charge in [-0.15, -0.1) is 0 Å². The van der Waals surface area contributed by atoms with Crippen LogP contribution in [-0.2, 0) is 10.2 Å².